The van der Waals surface area contributed by atoms with E-state index in [-0.39, 0.29) is 10.8 Å². The van der Waals surface area contributed by atoms with E-state index in [9.17, 15) is 0 Å². The van der Waals surface area contributed by atoms with Crippen molar-refractivity contribution in [1.82, 2.24) is 0 Å². The van der Waals surface area contributed by atoms with Crippen LogP contribution in [0.4, 0.5) is 0 Å². The molecule has 0 saturated heterocycles. The normalized spacial score (nSPS) is 15.9. The molecule has 0 saturated carbocycles. The molecule has 0 N–H and O–H groups in total. The fraction of sp³-hybridized carbons (Fsp3) is 0.220. The van der Waals surface area contributed by atoms with Gasteiger partial charge in [0.1, 0.15) is 0 Å². The summed E-state index contributed by atoms with van der Waals surface area (Å²) < 4.78 is 2.72. The van der Waals surface area contributed by atoms with Gasteiger partial charge in [-0.2, -0.15) is 0 Å². The van der Waals surface area contributed by atoms with Crippen LogP contribution in [0.5, 0.6) is 0 Å². The molecule has 1 aliphatic rings. The second-order valence-electron chi connectivity index (χ2n) is 13.6. The molecule has 1 aliphatic carbocycles. The first-order valence-electron chi connectivity index (χ1n) is 15.2. The molecule has 206 valence electrons. The number of fused-ring (bicyclic) bond motifs is 6. The maximum atomic E-state index is 2.56. The van der Waals surface area contributed by atoms with E-state index >= 15 is 0 Å². The Morgan fingerprint density at radius 3 is 1.57 bits per heavy atom. The predicted molar refractivity (Wildman–Crippen MR) is 185 cm³/mol. The number of rotatable bonds is 2. The van der Waals surface area contributed by atoms with Gasteiger partial charge in [-0.1, -0.05) is 125 Å². The SMILES string of the molecule is Cc1cc2c(cc1-c1c3ccccc3c(-c3cccc4c3sc3ccccc34)c3ccccc13)C(C)(C)CCC2(C)C. The van der Waals surface area contributed by atoms with Crippen molar-refractivity contribution in [3.8, 4) is 22.3 Å². The Labute approximate surface area is 252 Å². The zero-order chi connectivity index (χ0) is 28.8. The van der Waals surface area contributed by atoms with Gasteiger partial charge in [-0.3, -0.25) is 0 Å². The molecule has 0 fully saturated rings. The minimum Gasteiger partial charge on any atom is -0.135 e. The fourth-order valence-electron chi connectivity index (χ4n) is 7.64. The van der Waals surface area contributed by atoms with Crippen molar-refractivity contribution >= 4 is 53.1 Å². The number of hydrogen-bond donors (Lipinski definition) is 0. The molecule has 0 bridgehead atoms. The second-order valence-corrected chi connectivity index (χ2v) is 14.7. The molecule has 1 heterocycles. The average molecular weight is 561 g/mol. The summed E-state index contributed by atoms with van der Waals surface area (Å²) in [6.45, 7) is 12.0. The van der Waals surface area contributed by atoms with E-state index in [4.69, 9.17) is 0 Å². The van der Waals surface area contributed by atoms with Crippen molar-refractivity contribution in [2.75, 3.05) is 0 Å². The Morgan fingerprint density at radius 1 is 0.500 bits per heavy atom. The molecule has 0 nitrogen and oxygen atoms in total. The predicted octanol–water partition coefficient (Wildman–Crippen LogP) is 12.4. The molecule has 0 aliphatic heterocycles. The Morgan fingerprint density at radius 2 is 0.976 bits per heavy atom. The molecule has 0 spiro atoms. The van der Waals surface area contributed by atoms with Crippen LogP contribution in [-0.4, -0.2) is 0 Å². The lowest BCUT2D eigenvalue weighted by Gasteiger charge is -2.42. The summed E-state index contributed by atoms with van der Waals surface area (Å²) in [4.78, 5) is 0. The third-order valence-corrected chi connectivity index (χ3v) is 11.3. The molecule has 42 heavy (non-hydrogen) atoms. The van der Waals surface area contributed by atoms with Gasteiger partial charge >= 0.3 is 0 Å². The number of thiophene rings is 1. The van der Waals surface area contributed by atoms with Crippen molar-refractivity contribution in [2.24, 2.45) is 0 Å². The number of hydrogen-bond acceptors (Lipinski definition) is 1. The van der Waals surface area contributed by atoms with Gasteiger partial charge in [-0.15, -0.1) is 11.3 Å². The van der Waals surface area contributed by atoms with Gasteiger partial charge in [-0.25, -0.2) is 0 Å². The minimum atomic E-state index is 0.162. The smallest absolute Gasteiger partial charge is 0.0434 e. The third-order valence-electron chi connectivity index (χ3n) is 10.1. The minimum absolute atomic E-state index is 0.162. The molecular formula is C41H36S. The van der Waals surface area contributed by atoms with Crippen molar-refractivity contribution in [3.63, 3.8) is 0 Å². The Hall–Kier alpha value is -3.94. The van der Waals surface area contributed by atoms with Crippen LogP contribution in [0.3, 0.4) is 0 Å². The van der Waals surface area contributed by atoms with Gasteiger partial charge in [-0.05, 0) is 91.6 Å². The van der Waals surface area contributed by atoms with Gasteiger partial charge in [0.25, 0.3) is 0 Å². The van der Waals surface area contributed by atoms with Gasteiger partial charge in [0.05, 0.1) is 0 Å². The number of aryl methyl sites for hydroxylation is 1. The monoisotopic (exact) mass is 560 g/mol. The molecule has 0 radical (unpaired) electrons. The summed E-state index contributed by atoms with van der Waals surface area (Å²) in [7, 11) is 0. The maximum absolute atomic E-state index is 2.56. The van der Waals surface area contributed by atoms with Crippen LogP contribution in [0.15, 0.2) is 103 Å². The summed E-state index contributed by atoms with van der Waals surface area (Å²) >= 11 is 1.92. The van der Waals surface area contributed by atoms with E-state index < -0.39 is 0 Å². The van der Waals surface area contributed by atoms with Gasteiger partial charge in [0, 0.05) is 25.7 Å². The van der Waals surface area contributed by atoms with E-state index in [2.05, 4.69) is 138 Å². The molecule has 0 amide bonds. The first-order valence-corrected chi connectivity index (χ1v) is 16.1. The van der Waals surface area contributed by atoms with Crippen LogP contribution in [0.25, 0.3) is 64.0 Å². The van der Waals surface area contributed by atoms with Crippen LogP contribution in [0.1, 0.15) is 57.2 Å². The lowest BCUT2D eigenvalue weighted by Crippen LogP contribution is -2.34. The van der Waals surface area contributed by atoms with Gasteiger partial charge in [0.2, 0.25) is 0 Å². The lowest BCUT2D eigenvalue weighted by atomic mass is 9.62. The highest BCUT2D eigenvalue weighted by molar-refractivity contribution is 7.26. The first kappa shape index (κ1) is 25.7. The van der Waals surface area contributed by atoms with Crippen LogP contribution in [0.2, 0.25) is 0 Å². The summed E-state index contributed by atoms with van der Waals surface area (Å²) in [5.74, 6) is 0. The molecule has 1 aromatic heterocycles. The molecule has 7 aromatic rings. The van der Waals surface area contributed by atoms with Crippen LogP contribution in [-0.2, 0) is 10.8 Å². The van der Waals surface area contributed by atoms with E-state index in [1.165, 1.54) is 93.5 Å². The van der Waals surface area contributed by atoms with Gasteiger partial charge < -0.3 is 0 Å². The number of benzene rings is 6. The topological polar surface area (TPSA) is 0 Å². The molecule has 6 aromatic carbocycles. The standard InChI is InChI=1S/C41H36S/c1-25-23-34-35(41(4,5)22-21-40(34,2)3)24-33(25)38-29-16-8-6-14-27(29)37(28-15-7-9-17-30(28)38)32-19-12-18-31-26-13-10-11-20-36(26)42-39(31)32/h6-20,23-24H,21-22H2,1-5H3. The Bertz CT molecular complexity index is 2150. The Balaban J connectivity index is 1.50. The van der Waals surface area contributed by atoms with Crippen molar-refractivity contribution in [3.05, 3.63) is 120 Å². The van der Waals surface area contributed by atoms with E-state index in [0.717, 1.165) is 0 Å². The lowest BCUT2D eigenvalue weighted by molar-refractivity contribution is 0.332. The first-order chi connectivity index (χ1) is 20.2. The summed E-state index contributed by atoms with van der Waals surface area (Å²) in [6, 6.07) is 39.0. The third kappa shape index (κ3) is 3.66. The summed E-state index contributed by atoms with van der Waals surface area (Å²) in [6.07, 6.45) is 2.45. The van der Waals surface area contributed by atoms with E-state index in [1.807, 2.05) is 11.3 Å². The van der Waals surface area contributed by atoms with Crippen LogP contribution >= 0.6 is 11.3 Å². The fourth-order valence-corrected chi connectivity index (χ4v) is 8.87. The molecule has 8 rings (SSSR count). The highest BCUT2D eigenvalue weighted by atomic mass is 32.1. The van der Waals surface area contributed by atoms with Crippen molar-refractivity contribution in [1.29, 1.82) is 0 Å². The summed E-state index contributed by atoms with van der Waals surface area (Å²) in [5, 5.41) is 8.02. The highest BCUT2D eigenvalue weighted by Gasteiger charge is 2.37. The molecule has 1 heteroatoms. The second kappa shape index (κ2) is 9.03. The van der Waals surface area contributed by atoms with Crippen molar-refractivity contribution < 1.29 is 0 Å². The summed E-state index contributed by atoms with van der Waals surface area (Å²) in [5.41, 5.74) is 10.2. The zero-order valence-electron chi connectivity index (χ0n) is 25.1. The maximum Gasteiger partial charge on any atom is 0.0434 e. The molecule has 0 atom stereocenters. The van der Waals surface area contributed by atoms with E-state index in [1.54, 1.807) is 0 Å². The van der Waals surface area contributed by atoms with E-state index in [0.29, 0.717) is 0 Å². The van der Waals surface area contributed by atoms with Crippen LogP contribution < -0.4 is 0 Å². The zero-order valence-corrected chi connectivity index (χ0v) is 26.0. The highest BCUT2D eigenvalue weighted by Crippen LogP contribution is 2.51. The van der Waals surface area contributed by atoms with Crippen LogP contribution in [0, 0.1) is 6.92 Å². The quantitative estimate of drug-likeness (QED) is 0.184. The average Bonchev–Trinajstić information content (AvgIpc) is 3.38. The Kier molecular flexibility index (Phi) is 5.53. The molecule has 0 unspecified atom stereocenters. The van der Waals surface area contributed by atoms with Crippen molar-refractivity contribution in [2.45, 2.75) is 58.3 Å². The largest absolute Gasteiger partial charge is 0.135 e. The van der Waals surface area contributed by atoms with Gasteiger partial charge in [0.15, 0.2) is 0 Å². The molecular weight excluding hydrogens is 525 g/mol.